The lowest BCUT2D eigenvalue weighted by molar-refractivity contribution is -0.123. The number of carbonyl (C=O) groups is 2. The Kier molecular flexibility index (Phi) is 4.04. The van der Waals surface area contributed by atoms with Gasteiger partial charge in [-0.1, -0.05) is 32.4 Å². The Morgan fingerprint density at radius 1 is 1.35 bits per heavy atom. The quantitative estimate of drug-likeness (QED) is 0.908. The van der Waals surface area contributed by atoms with Crippen molar-refractivity contribution in [3.05, 3.63) is 23.2 Å². The molecule has 0 radical (unpaired) electrons. The van der Waals surface area contributed by atoms with Crippen LogP contribution in [-0.4, -0.2) is 18.4 Å². The van der Waals surface area contributed by atoms with Gasteiger partial charge in [0.1, 0.15) is 0 Å². The van der Waals surface area contributed by atoms with Gasteiger partial charge in [0.2, 0.25) is 11.8 Å². The number of hydrogen-bond acceptors (Lipinski definition) is 2. The summed E-state index contributed by atoms with van der Waals surface area (Å²) >= 11 is 6.23. The van der Waals surface area contributed by atoms with Gasteiger partial charge in [0, 0.05) is 24.1 Å². The van der Waals surface area contributed by atoms with Crippen LogP contribution in [0.4, 0.5) is 11.4 Å². The second-order valence-corrected chi connectivity index (χ2v) is 6.43. The molecule has 20 heavy (non-hydrogen) atoms. The SMILES string of the molecule is CC(C)(C)C(=O)Nc1ccc(N2CCCC2=O)c(Cl)c1. The van der Waals surface area contributed by atoms with E-state index in [0.29, 0.717) is 29.4 Å². The molecule has 0 saturated carbocycles. The molecule has 1 heterocycles. The molecule has 1 aromatic carbocycles. The lowest BCUT2D eigenvalue weighted by Crippen LogP contribution is -2.27. The first-order valence-corrected chi connectivity index (χ1v) is 7.08. The summed E-state index contributed by atoms with van der Waals surface area (Å²) in [5, 5.41) is 3.30. The van der Waals surface area contributed by atoms with Crippen molar-refractivity contribution >= 4 is 34.8 Å². The zero-order valence-electron chi connectivity index (χ0n) is 12.0. The molecule has 0 atom stereocenters. The fourth-order valence-electron chi connectivity index (χ4n) is 2.03. The van der Waals surface area contributed by atoms with Gasteiger partial charge in [0.15, 0.2) is 0 Å². The number of anilines is 2. The van der Waals surface area contributed by atoms with E-state index in [1.54, 1.807) is 23.1 Å². The van der Waals surface area contributed by atoms with Crippen molar-refractivity contribution in [2.75, 3.05) is 16.8 Å². The van der Waals surface area contributed by atoms with Crippen molar-refractivity contribution in [2.24, 2.45) is 5.41 Å². The monoisotopic (exact) mass is 294 g/mol. The smallest absolute Gasteiger partial charge is 0.229 e. The van der Waals surface area contributed by atoms with Gasteiger partial charge in [-0.25, -0.2) is 0 Å². The normalized spacial score (nSPS) is 15.6. The maximum atomic E-state index is 11.9. The van der Waals surface area contributed by atoms with Crippen LogP contribution in [-0.2, 0) is 9.59 Å². The van der Waals surface area contributed by atoms with E-state index in [4.69, 9.17) is 11.6 Å². The summed E-state index contributed by atoms with van der Waals surface area (Å²) in [4.78, 5) is 25.3. The molecule has 1 aliphatic heterocycles. The molecular weight excluding hydrogens is 276 g/mol. The highest BCUT2D eigenvalue weighted by Crippen LogP contribution is 2.32. The molecule has 4 nitrogen and oxygen atoms in total. The highest BCUT2D eigenvalue weighted by atomic mass is 35.5. The van der Waals surface area contributed by atoms with E-state index in [0.717, 1.165) is 6.42 Å². The molecule has 0 aliphatic carbocycles. The van der Waals surface area contributed by atoms with Crippen molar-refractivity contribution in [3.8, 4) is 0 Å². The van der Waals surface area contributed by atoms with Crippen molar-refractivity contribution in [3.63, 3.8) is 0 Å². The van der Waals surface area contributed by atoms with Gasteiger partial charge in [-0.15, -0.1) is 0 Å². The van der Waals surface area contributed by atoms with Gasteiger partial charge in [-0.3, -0.25) is 9.59 Å². The molecule has 1 saturated heterocycles. The second-order valence-electron chi connectivity index (χ2n) is 6.02. The predicted octanol–water partition coefficient (Wildman–Crippen LogP) is 3.45. The predicted molar refractivity (Wildman–Crippen MR) is 81.1 cm³/mol. The van der Waals surface area contributed by atoms with Crippen LogP contribution in [0, 0.1) is 5.41 Å². The Balaban J connectivity index is 2.18. The van der Waals surface area contributed by atoms with Crippen LogP contribution in [0.3, 0.4) is 0 Å². The van der Waals surface area contributed by atoms with Crippen molar-refractivity contribution in [2.45, 2.75) is 33.6 Å². The molecule has 108 valence electrons. The van der Waals surface area contributed by atoms with Gasteiger partial charge in [-0.05, 0) is 24.6 Å². The summed E-state index contributed by atoms with van der Waals surface area (Å²) in [6, 6.07) is 5.24. The summed E-state index contributed by atoms with van der Waals surface area (Å²) in [6.07, 6.45) is 1.43. The molecule has 1 fully saturated rings. The fourth-order valence-corrected chi connectivity index (χ4v) is 2.31. The van der Waals surface area contributed by atoms with Crippen LogP contribution >= 0.6 is 11.6 Å². The minimum Gasteiger partial charge on any atom is -0.326 e. The summed E-state index contributed by atoms with van der Waals surface area (Å²) in [6.45, 7) is 6.25. The van der Waals surface area contributed by atoms with Crippen molar-refractivity contribution in [1.29, 1.82) is 0 Å². The first-order chi connectivity index (χ1) is 9.29. The minimum absolute atomic E-state index is 0.0708. The summed E-state index contributed by atoms with van der Waals surface area (Å²) in [5.41, 5.74) is 0.893. The standard InChI is InChI=1S/C15H19ClN2O2/c1-15(2,3)14(20)17-10-6-7-12(11(16)9-10)18-8-4-5-13(18)19/h6-7,9H,4-5,8H2,1-3H3,(H,17,20). The third-order valence-corrected chi connectivity index (χ3v) is 3.55. The lowest BCUT2D eigenvalue weighted by Gasteiger charge is -2.20. The fraction of sp³-hybridized carbons (Fsp3) is 0.467. The molecule has 0 aromatic heterocycles. The molecule has 1 aliphatic rings. The summed E-state index contributed by atoms with van der Waals surface area (Å²) in [5.74, 6) is 0.0249. The Bertz CT molecular complexity index is 549. The Labute approximate surface area is 124 Å². The Hall–Kier alpha value is -1.55. The van der Waals surface area contributed by atoms with Gasteiger partial charge < -0.3 is 10.2 Å². The Morgan fingerprint density at radius 2 is 2.05 bits per heavy atom. The third-order valence-electron chi connectivity index (χ3n) is 3.25. The van der Waals surface area contributed by atoms with Crippen LogP contribution < -0.4 is 10.2 Å². The number of rotatable bonds is 2. The van der Waals surface area contributed by atoms with E-state index in [9.17, 15) is 9.59 Å². The molecule has 5 heteroatoms. The number of nitrogens with zero attached hydrogens (tertiary/aromatic N) is 1. The molecule has 2 rings (SSSR count). The first kappa shape index (κ1) is 14.9. The number of amides is 2. The van der Waals surface area contributed by atoms with Gasteiger partial charge >= 0.3 is 0 Å². The van der Waals surface area contributed by atoms with Gasteiger partial charge in [0.05, 0.1) is 10.7 Å². The van der Waals surface area contributed by atoms with Gasteiger partial charge in [0.25, 0.3) is 0 Å². The average molecular weight is 295 g/mol. The zero-order chi connectivity index (χ0) is 14.9. The number of benzene rings is 1. The molecule has 1 N–H and O–H groups in total. The number of nitrogens with one attached hydrogen (secondary N) is 1. The lowest BCUT2D eigenvalue weighted by atomic mass is 9.95. The van der Waals surface area contributed by atoms with Crippen molar-refractivity contribution < 1.29 is 9.59 Å². The first-order valence-electron chi connectivity index (χ1n) is 6.70. The van der Waals surface area contributed by atoms with Gasteiger partial charge in [-0.2, -0.15) is 0 Å². The van der Waals surface area contributed by atoms with E-state index in [-0.39, 0.29) is 11.8 Å². The molecular formula is C15H19ClN2O2. The maximum absolute atomic E-state index is 11.9. The molecule has 1 aromatic rings. The van der Waals surface area contributed by atoms with E-state index in [2.05, 4.69) is 5.32 Å². The Morgan fingerprint density at radius 3 is 2.55 bits per heavy atom. The molecule has 0 bridgehead atoms. The topological polar surface area (TPSA) is 49.4 Å². The number of carbonyl (C=O) groups excluding carboxylic acids is 2. The van der Waals surface area contributed by atoms with E-state index >= 15 is 0 Å². The largest absolute Gasteiger partial charge is 0.326 e. The van der Waals surface area contributed by atoms with E-state index in [1.165, 1.54) is 0 Å². The molecule has 2 amide bonds. The van der Waals surface area contributed by atoms with Crippen LogP contribution in [0.1, 0.15) is 33.6 Å². The average Bonchev–Trinajstić information content (AvgIpc) is 2.74. The van der Waals surface area contributed by atoms with Crippen LogP contribution in [0.2, 0.25) is 5.02 Å². The number of hydrogen-bond donors (Lipinski definition) is 1. The van der Waals surface area contributed by atoms with Crippen molar-refractivity contribution in [1.82, 2.24) is 0 Å². The van der Waals surface area contributed by atoms with Crippen LogP contribution in [0.25, 0.3) is 0 Å². The van der Waals surface area contributed by atoms with Crippen LogP contribution in [0.5, 0.6) is 0 Å². The van der Waals surface area contributed by atoms with E-state index in [1.807, 2.05) is 20.8 Å². The maximum Gasteiger partial charge on any atom is 0.229 e. The third kappa shape index (κ3) is 3.12. The highest BCUT2D eigenvalue weighted by Gasteiger charge is 2.24. The number of halogens is 1. The molecule has 0 spiro atoms. The van der Waals surface area contributed by atoms with E-state index < -0.39 is 5.41 Å². The van der Waals surface area contributed by atoms with Crippen LogP contribution in [0.15, 0.2) is 18.2 Å². The summed E-state index contributed by atoms with van der Waals surface area (Å²) in [7, 11) is 0. The summed E-state index contributed by atoms with van der Waals surface area (Å²) < 4.78 is 0. The highest BCUT2D eigenvalue weighted by molar-refractivity contribution is 6.34. The second kappa shape index (κ2) is 5.44. The zero-order valence-corrected chi connectivity index (χ0v) is 12.8. The molecule has 0 unspecified atom stereocenters. The minimum atomic E-state index is -0.462.